The van der Waals surface area contributed by atoms with E-state index in [9.17, 15) is 9.90 Å². The monoisotopic (exact) mass is 312 g/mol. The van der Waals surface area contributed by atoms with Crippen molar-refractivity contribution in [1.29, 1.82) is 0 Å². The summed E-state index contributed by atoms with van der Waals surface area (Å²) in [6.45, 7) is 0.168. The lowest BCUT2D eigenvalue weighted by Crippen LogP contribution is -2.43. The topological polar surface area (TPSA) is 71.5 Å². The summed E-state index contributed by atoms with van der Waals surface area (Å²) < 4.78 is 5.10. The maximum Gasteiger partial charge on any atom is 0.270 e. The number of hydrogen-bond donors (Lipinski definition) is 2. The minimum absolute atomic E-state index is 0.168. The number of hydrogen-bond acceptors (Lipinski definition) is 4. The maximum atomic E-state index is 12.3. The molecule has 0 aliphatic heterocycles. The van der Waals surface area contributed by atoms with E-state index in [4.69, 9.17) is 4.74 Å². The number of fused-ring (bicyclic) bond motifs is 1. The van der Waals surface area contributed by atoms with Crippen LogP contribution in [0.5, 0.6) is 5.75 Å². The molecule has 1 aromatic heterocycles. The van der Waals surface area contributed by atoms with Crippen molar-refractivity contribution in [2.45, 2.75) is 24.9 Å². The van der Waals surface area contributed by atoms with Gasteiger partial charge in [-0.05, 0) is 36.5 Å². The number of aliphatic hydroxyl groups is 1. The van der Waals surface area contributed by atoms with Gasteiger partial charge in [-0.3, -0.25) is 9.78 Å². The Labute approximate surface area is 135 Å². The SMILES string of the molecule is COc1ccnc(C(=O)NCC2(O)CCCc3ccccc32)c1. The maximum absolute atomic E-state index is 12.3. The van der Waals surface area contributed by atoms with E-state index in [1.807, 2.05) is 24.3 Å². The molecule has 1 unspecified atom stereocenters. The lowest BCUT2D eigenvalue weighted by molar-refractivity contribution is 0.0189. The van der Waals surface area contributed by atoms with Gasteiger partial charge in [0.1, 0.15) is 17.0 Å². The summed E-state index contributed by atoms with van der Waals surface area (Å²) in [6, 6.07) is 11.1. The number of carbonyl (C=O) groups excluding carboxylic acids is 1. The van der Waals surface area contributed by atoms with Crippen LogP contribution in [-0.4, -0.2) is 29.7 Å². The Hall–Kier alpha value is -2.40. The van der Waals surface area contributed by atoms with Crippen LogP contribution in [0, 0.1) is 0 Å². The zero-order chi connectivity index (χ0) is 16.3. The first kappa shape index (κ1) is 15.5. The molecule has 5 heteroatoms. The molecule has 1 heterocycles. The number of carbonyl (C=O) groups is 1. The largest absolute Gasteiger partial charge is 0.497 e. The molecule has 1 aromatic carbocycles. The van der Waals surface area contributed by atoms with E-state index in [1.165, 1.54) is 6.20 Å². The molecule has 2 aromatic rings. The fourth-order valence-electron chi connectivity index (χ4n) is 3.06. The third-order valence-corrected chi connectivity index (χ3v) is 4.30. The average Bonchev–Trinajstić information content (AvgIpc) is 2.60. The summed E-state index contributed by atoms with van der Waals surface area (Å²) in [6.07, 6.45) is 4.03. The van der Waals surface area contributed by atoms with Gasteiger partial charge in [0.15, 0.2) is 0 Å². The number of rotatable bonds is 4. The Morgan fingerprint density at radius 1 is 1.39 bits per heavy atom. The highest BCUT2D eigenvalue weighted by Crippen LogP contribution is 2.34. The van der Waals surface area contributed by atoms with Crippen LogP contribution in [0.25, 0.3) is 0 Å². The van der Waals surface area contributed by atoms with E-state index >= 15 is 0 Å². The lowest BCUT2D eigenvalue weighted by atomic mass is 9.79. The van der Waals surface area contributed by atoms with Crippen LogP contribution in [0.1, 0.15) is 34.5 Å². The molecule has 0 fully saturated rings. The Balaban J connectivity index is 1.74. The quantitative estimate of drug-likeness (QED) is 0.906. The van der Waals surface area contributed by atoms with Crippen molar-refractivity contribution in [3.05, 3.63) is 59.4 Å². The first-order valence-corrected chi connectivity index (χ1v) is 7.71. The van der Waals surface area contributed by atoms with E-state index < -0.39 is 5.60 Å². The van der Waals surface area contributed by atoms with E-state index in [-0.39, 0.29) is 18.1 Å². The summed E-state index contributed by atoms with van der Waals surface area (Å²) in [7, 11) is 1.54. The zero-order valence-electron chi connectivity index (χ0n) is 13.1. The van der Waals surface area contributed by atoms with E-state index in [0.29, 0.717) is 12.2 Å². The predicted octanol–water partition coefficient (Wildman–Crippen LogP) is 2.04. The number of aromatic nitrogens is 1. The van der Waals surface area contributed by atoms with Gasteiger partial charge in [-0.25, -0.2) is 0 Å². The summed E-state index contributed by atoms with van der Waals surface area (Å²) in [5.74, 6) is 0.257. The highest BCUT2D eigenvalue weighted by Gasteiger charge is 2.34. The van der Waals surface area contributed by atoms with Crippen LogP contribution in [0.15, 0.2) is 42.6 Å². The summed E-state index contributed by atoms with van der Waals surface area (Å²) in [5.41, 5.74) is 1.31. The smallest absolute Gasteiger partial charge is 0.270 e. The third kappa shape index (κ3) is 3.19. The number of ether oxygens (including phenoxy) is 1. The first-order chi connectivity index (χ1) is 11.1. The fraction of sp³-hybridized carbons (Fsp3) is 0.333. The van der Waals surface area contributed by atoms with Crippen molar-refractivity contribution in [1.82, 2.24) is 10.3 Å². The second kappa shape index (κ2) is 6.38. The fourth-order valence-corrected chi connectivity index (χ4v) is 3.06. The first-order valence-electron chi connectivity index (χ1n) is 7.71. The van der Waals surface area contributed by atoms with Gasteiger partial charge in [-0.15, -0.1) is 0 Å². The number of aryl methyl sites for hydroxylation is 1. The number of methoxy groups -OCH3 is 1. The molecule has 1 amide bonds. The van der Waals surface area contributed by atoms with Crippen molar-refractivity contribution < 1.29 is 14.6 Å². The molecule has 5 nitrogen and oxygen atoms in total. The molecule has 1 aliphatic rings. The van der Waals surface area contributed by atoms with E-state index in [1.54, 1.807) is 19.2 Å². The highest BCUT2D eigenvalue weighted by atomic mass is 16.5. The lowest BCUT2D eigenvalue weighted by Gasteiger charge is -2.34. The Kier molecular flexibility index (Phi) is 4.30. The van der Waals surface area contributed by atoms with Crippen LogP contribution in [0.4, 0.5) is 0 Å². The van der Waals surface area contributed by atoms with Gasteiger partial charge in [-0.2, -0.15) is 0 Å². The molecular formula is C18H20N2O3. The second-order valence-electron chi connectivity index (χ2n) is 5.81. The van der Waals surface area contributed by atoms with Crippen molar-refractivity contribution in [3.63, 3.8) is 0 Å². The zero-order valence-corrected chi connectivity index (χ0v) is 13.1. The van der Waals surface area contributed by atoms with Gasteiger partial charge in [0.25, 0.3) is 5.91 Å². The molecule has 1 aliphatic carbocycles. The molecule has 23 heavy (non-hydrogen) atoms. The second-order valence-corrected chi connectivity index (χ2v) is 5.81. The van der Waals surface area contributed by atoms with Gasteiger partial charge < -0.3 is 15.2 Å². The van der Waals surface area contributed by atoms with Crippen LogP contribution in [0.3, 0.4) is 0 Å². The predicted molar refractivity (Wildman–Crippen MR) is 86.4 cm³/mol. The molecule has 3 rings (SSSR count). The van der Waals surface area contributed by atoms with Gasteiger partial charge >= 0.3 is 0 Å². The number of pyridine rings is 1. The molecule has 0 saturated carbocycles. The summed E-state index contributed by atoms with van der Waals surface area (Å²) in [5, 5.41) is 13.8. The Morgan fingerprint density at radius 2 is 2.22 bits per heavy atom. The molecule has 2 N–H and O–H groups in total. The highest BCUT2D eigenvalue weighted by molar-refractivity contribution is 5.92. The van der Waals surface area contributed by atoms with E-state index in [2.05, 4.69) is 10.3 Å². The standard InChI is InChI=1S/C18H20N2O3/c1-23-14-8-10-19-16(11-14)17(21)20-12-18(22)9-4-6-13-5-2-3-7-15(13)18/h2-3,5,7-8,10-11,22H,4,6,9,12H2,1H3,(H,20,21). The summed E-state index contributed by atoms with van der Waals surface area (Å²) >= 11 is 0. The van der Waals surface area contributed by atoms with Crippen molar-refractivity contribution in [2.75, 3.05) is 13.7 Å². The van der Waals surface area contributed by atoms with Gasteiger partial charge in [-0.1, -0.05) is 24.3 Å². The van der Waals surface area contributed by atoms with Crippen LogP contribution in [0.2, 0.25) is 0 Å². The van der Waals surface area contributed by atoms with Crippen LogP contribution >= 0.6 is 0 Å². The normalized spacial score (nSPS) is 19.7. The Bertz CT molecular complexity index is 717. The molecule has 0 bridgehead atoms. The Morgan fingerprint density at radius 3 is 3.04 bits per heavy atom. The third-order valence-electron chi connectivity index (χ3n) is 4.30. The number of benzene rings is 1. The number of nitrogens with zero attached hydrogens (tertiary/aromatic N) is 1. The molecule has 0 saturated heterocycles. The molecular weight excluding hydrogens is 292 g/mol. The molecule has 0 radical (unpaired) electrons. The van der Waals surface area contributed by atoms with Gasteiger partial charge in [0, 0.05) is 12.3 Å². The van der Waals surface area contributed by atoms with Crippen LogP contribution < -0.4 is 10.1 Å². The van der Waals surface area contributed by atoms with Crippen molar-refractivity contribution >= 4 is 5.91 Å². The van der Waals surface area contributed by atoms with Gasteiger partial charge in [0.05, 0.1) is 13.7 Å². The minimum Gasteiger partial charge on any atom is -0.497 e. The molecule has 0 spiro atoms. The van der Waals surface area contributed by atoms with Crippen molar-refractivity contribution in [3.8, 4) is 5.75 Å². The van der Waals surface area contributed by atoms with Gasteiger partial charge in [0.2, 0.25) is 0 Å². The molecule has 1 atom stereocenters. The van der Waals surface area contributed by atoms with Crippen LogP contribution in [-0.2, 0) is 12.0 Å². The number of amides is 1. The molecule has 120 valence electrons. The number of nitrogens with one attached hydrogen (secondary N) is 1. The minimum atomic E-state index is -1.02. The average molecular weight is 312 g/mol. The van der Waals surface area contributed by atoms with E-state index in [0.717, 1.165) is 24.0 Å². The summed E-state index contributed by atoms with van der Waals surface area (Å²) in [4.78, 5) is 16.3. The van der Waals surface area contributed by atoms with Crippen molar-refractivity contribution in [2.24, 2.45) is 0 Å².